The maximum absolute atomic E-state index is 6.71. The van der Waals surface area contributed by atoms with Crippen molar-refractivity contribution in [3.05, 3.63) is 20.6 Å². The Morgan fingerprint density at radius 1 is 1.11 bits per heavy atom. The zero-order valence-electron chi connectivity index (χ0n) is 6.83. The third-order valence-electron chi connectivity index (χ3n) is 0.780. The van der Waals surface area contributed by atoms with Gasteiger partial charge in [-0.2, -0.15) is 6.54 Å². The fourth-order valence-corrected chi connectivity index (χ4v) is 0.375. The van der Waals surface area contributed by atoms with Crippen molar-refractivity contribution >= 4 is 0 Å². The molecule has 0 saturated heterocycles. The second kappa shape index (κ2) is 23.2. The Balaban J connectivity index is -0.0000000417. The fraction of sp³-hybridized carbons (Fsp3) is 0.714. The predicted molar refractivity (Wildman–Crippen MR) is 41.5 cm³/mol. The summed E-state index contributed by atoms with van der Waals surface area (Å²) >= 11 is 0. The van der Waals surface area contributed by atoms with E-state index in [1.54, 1.807) is 0 Å². The van der Waals surface area contributed by atoms with Crippen molar-refractivity contribution in [2.45, 2.75) is 26.2 Å². The molecule has 2 heteroatoms. The van der Waals surface area contributed by atoms with E-state index >= 15 is 0 Å². The van der Waals surface area contributed by atoms with Gasteiger partial charge in [-0.15, -0.1) is 0 Å². The second-order valence-electron chi connectivity index (χ2n) is 1.46. The van der Waals surface area contributed by atoms with Crippen molar-refractivity contribution in [3.8, 4) is 0 Å². The molecule has 0 aliphatic heterocycles. The number of nitrogens with one attached hydrogen (secondary N) is 1. The Bertz CT molecular complexity index is 20.9. The minimum absolute atomic E-state index is 0. The van der Waals surface area contributed by atoms with Gasteiger partial charge < -0.3 is 20.6 Å². The second-order valence-corrected chi connectivity index (χ2v) is 1.46. The zero-order valence-corrected chi connectivity index (χ0v) is 10.4. The van der Waals surface area contributed by atoms with Gasteiger partial charge in [0.25, 0.3) is 0 Å². The molecule has 0 unspecified atom stereocenters. The molecule has 0 bridgehead atoms. The van der Waals surface area contributed by atoms with E-state index in [2.05, 4.69) is 6.92 Å². The molecule has 0 rings (SSSR count). The molecular weight excluding hydrogens is 277 g/mol. The van der Waals surface area contributed by atoms with Gasteiger partial charge in [0.15, 0.2) is 0 Å². The molecule has 0 aliphatic carbocycles. The Labute approximate surface area is 79.2 Å². The van der Waals surface area contributed by atoms with Gasteiger partial charge in [-0.05, 0) is 0 Å². The molecular formula is C7H18HfN-3. The number of unbranched alkanes of at least 4 members (excludes halogenated alkanes) is 2. The fourth-order valence-electron chi connectivity index (χ4n) is 0.375. The average molecular weight is 295 g/mol. The third-order valence-corrected chi connectivity index (χ3v) is 0.780. The van der Waals surface area contributed by atoms with Crippen LogP contribution in [0, 0.1) is 14.9 Å². The van der Waals surface area contributed by atoms with Crippen LogP contribution in [-0.4, -0.2) is 6.54 Å². The SMILES string of the molecule is CCCCC[NH-].[CH3-].[CH3-].[Hf]. The van der Waals surface area contributed by atoms with Gasteiger partial charge in [0.1, 0.15) is 0 Å². The number of hydrogen-bond donors (Lipinski definition) is 0. The van der Waals surface area contributed by atoms with Gasteiger partial charge in [0.05, 0.1) is 0 Å². The van der Waals surface area contributed by atoms with Crippen LogP contribution in [0.1, 0.15) is 26.2 Å². The first-order valence-corrected chi connectivity index (χ1v) is 2.56. The summed E-state index contributed by atoms with van der Waals surface area (Å²) in [6.07, 6.45) is 3.54. The van der Waals surface area contributed by atoms with Crippen LogP contribution in [0.3, 0.4) is 0 Å². The maximum atomic E-state index is 6.71. The van der Waals surface area contributed by atoms with Crippen LogP contribution in [0.5, 0.6) is 0 Å². The molecule has 0 spiro atoms. The van der Waals surface area contributed by atoms with E-state index in [-0.39, 0.29) is 40.7 Å². The number of hydrogen-bond acceptors (Lipinski definition) is 0. The van der Waals surface area contributed by atoms with Gasteiger partial charge in [-0.3, -0.25) is 0 Å². The van der Waals surface area contributed by atoms with Crippen LogP contribution in [-0.2, 0) is 25.8 Å². The van der Waals surface area contributed by atoms with Crippen molar-refractivity contribution < 1.29 is 25.8 Å². The summed E-state index contributed by atoms with van der Waals surface area (Å²) in [7, 11) is 0. The molecule has 0 atom stereocenters. The molecule has 0 aromatic rings. The molecule has 0 aromatic carbocycles. The van der Waals surface area contributed by atoms with Crippen LogP contribution in [0.2, 0.25) is 0 Å². The summed E-state index contributed by atoms with van der Waals surface area (Å²) < 4.78 is 0. The molecule has 0 amide bonds. The monoisotopic (exact) mass is 296 g/mol. The molecule has 1 N–H and O–H groups in total. The maximum Gasteiger partial charge on any atom is 0 e. The first-order chi connectivity index (χ1) is 2.91. The zero-order chi connectivity index (χ0) is 4.83. The van der Waals surface area contributed by atoms with Crippen molar-refractivity contribution in [2.75, 3.05) is 6.54 Å². The van der Waals surface area contributed by atoms with Crippen molar-refractivity contribution in [2.24, 2.45) is 0 Å². The normalized spacial score (nSPS) is 6.00. The van der Waals surface area contributed by atoms with Crippen LogP contribution >= 0.6 is 0 Å². The van der Waals surface area contributed by atoms with Gasteiger partial charge in [0, 0.05) is 25.8 Å². The van der Waals surface area contributed by atoms with Gasteiger partial charge in [0.2, 0.25) is 0 Å². The molecule has 0 aliphatic rings. The van der Waals surface area contributed by atoms with Crippen molar-refractivity contribution in [3.63, 3.8) is 0 Å². The van der Waals surface area contributed by atoms with Crippen molar-refractivity contribution in [1.29, 1.82) is 0 Å². The van der Waals surface area contributed by atoms with E-state index in [4.69, 9.17) is 5.73 Å². The van der Waals surface area contributed by atoms with E-state index in [1.807, 2.05) is 0 Å². The standard InChI is InChI=1S/C5H12N.2CH3.Hf/c1-2-3-4-5-6;;;/h6H,2-5H2,1H3;2*1H3;/q3*-1;. The minimum atomic E-state index is 0. The molecule has 0 saturated carbocycles. The smallest absolute Gasteiger partial charge is 0 e. The Morgan fingerprint density at radius 3 is 1.67 bits per heavy atom. The van der Waals surface area contributed by atoms with Crippen LogP contribution < -0.4 is 0 Å². The molecule has 0 fully saturated rings. The molecule has 0 heterocycles. The predicted octanol–water partition coefficient (Wildman–Crippen LogP) is 3.13. The van der Waals surface area contributed by atoms with Gasteiger partial charge in [-0.25, -0.2) is 0 Å². The topological polar surface area (TPSA) is 23.8 Å². The van der Waals surface area contributed by atoms with Crippen molar-refractivity contribution in [1.82, 2.24) is 0 Å². The number of rotatable bonds is 3. The van der Waals surface area contributed by atoms with E-state index in [1.165, 1.54) is 12.8 Å². The molecule has 0 radical (unpaired) electrons. The molecule has 58 valence electrons. The van der Waals surface area contributed by atoms with E-state index < -0.39 is 0 Å². The van der Waals surface area contributed by atoms with Gasteiger partial charge in [-0.1, -0.05) is 26.2 Å². The van der Waals surface area contributed by atoms with Crippen LogP contribution in [0.15, 0.2) is 0 Å². The molecule has 1 nitrogen and oxygen atoms in total. The summed E-state index contributed by atoms with van der Waals surface area (Å²) in [5.74, 6) is 0. The summed E-state index contributed by atoms with van der Waals surface area (Å²) in [5.41, 5.74) is 6.71. The Hall–Kier alpha value is 0.830. The van der Waals surface area contributed by atoms with E-state index in [0.717, 1.165) is 6.42 Å². The largest absolute Gasteiger partial charge is 0.677 e. The average Bonchev–Trinajstić information content (AvgIpc) is 1.61. The molecule has 0 aromatic heterocycles. The molecule has 9 heavy (non-hydrogen) atoms. The third kappa shape index (κ3) is 28.1. The Morgan fingerprint density at radius 2 is 1.56 bits per heavy atom. The van der Waals surface area contributed by atoms with Crippen LogP contribution in [0.4, 0.5) is 0 Å². The summed E-state index contributed by atoms with van der Waals surface area (Å²) in [6, 6.07) is 0. The summed E-state index contributed by atoms with van der Waals surface area (Å²) in [4.78, 5) is 0. The van der Waals surface area contributed by atoms with E-state index in [0.29, 0.717) is 6.54 Å². The van der Waals surface area contributed by atoms with Gasteiger partial charge >= 0.3 is 0 Å². The van der Waals surface area contributed by atoms with E-state index in [9.17, 15) is 0 Å². The summed E-state index contributed by atoms with van der Waals surface area (Å²) in [5, 5.41) is 0. The minimum Gasteiger partial charge on any atom is -0.677 e. The Kier molecular flexibility index (Phi) is 58.1. The van der Waals surface area contributed by atoms with Crippen LogP contribution in [0.25, 0.3) is 5.73 Å². The first kappa shape index (κ1) is 22.5. The summed E-state index contributed by atoms with van der Waals surface area (Å²) in [6.45, 7) is 2.75. The first-order valence-electron chi connectivity index (χ1n) is 2.56. The quantitative estimate of drug-likeness (QED) is 0.434.